The average molecular weight is 273 g/mol. The Hall–Kier alpha value is -0.0700. The van der Waals surface area contributed by atoms with Crippen LogP contribution in [0.2, 0.25) is 0 Å². The van der Waals surface area contributed by atoms with E-state index in [2.05, 4.69) is 28.1 Å². The summed E-state index contributed by atoms with van der Waals surface area (Å²) in [6.45, 7) is 3.81. The van der Waals surface area contributed by atoms with Crippen molar-refractivity contribution >= 4 is 23.1 Å². The van der Waals surface area contributed by atoms with Gasteiger partial charge >= 0.3 is 0 Å². The lowest BCUT2D eigenvalue weighted by Crippen LogP contribution is -2.05. The Morgan fingerprint density at radius 3 is 2.07 bits per heavy atom. The summed E-state index contributed by atoms with van der Waals surface area (Å²) < 4.78 is 13.3. The first-order chi connectivity index (χ1) is 6.46. The standard InChI is InChI=1S/C11H14BrOP/c1-14(2,13)11(7-8-11)9-3-5-10(12)6-4-9/h3-6H,7-8H2,1-2H3. The second-order valence-electron chi connectivity index (χ2n) is 4.39. The molecule has 1 aliphatic carbocycles. The maximum atomic E-state index is 12.2. The Labute approximate surface area is 93.4 Å². The lowest BCUT2D eigenvalue weighted by molar-refractivity contribution is 0.571. The molecular formula is C11H14BrOP. The van der Waals surface area contributed by atoms with E-state index in [9.17, 15) is 4.57 Å². The maximum absolute atomic E-state index is 12.2. The molecule has 0 atom stereocenters. The van der Waals surface area contributed by atoms with Crippen LogP contribution in [0.25, 0.3) is 0 Å². The minimum absolute atomic E-state index is 0.00764. The summed E-state index contributed by atoms with van der Waals surface area (Å²) in [5, 5.41) is 0.00764. The number of hydrogen-bond acceptors (Lipinski definition) is 1. The molecule has 0 N–H and O–H groups in total. The quantitative estimate of drug-likeness (QED) is 0.742. The molecule has 76 valence electrons. The Morgan fingerprint density at radius 2 is 1.71 bits per heavy atom. The first kappa shape index (κ1) is 10.4. The van der Waals surface area contributed by atoms with Gasteiger partial charge in [-0.25, -0.2) is 0 Å². The Bertz CT molecular complexity index is 386. The third-order valence-electron chi connectivity index (χ3n) is 3.14. The molecule has 0 heterocycles. The van der Waals surface area contributed by atoms with E-state index in [4.69, 9.17) is 0 Å². The van der Waals surface area contributed by atoms with Crippen molar-refractivity contribution in [1.82, 2.24) is 0 Å². The average Bonchev–Trinajstić information content (AvgIpc) is 2.84. The third kappa shape index (κ3) is 1.59. The van der Waals surface area contributed by atoms with Crippen molar-refractivity contribution in [3.05, 3.63) is 34.3 Å². The van der Waals surface area contributed by atoms with Gasteiger partial charge in [0, 0.05) is 9.63 Å². The normalized spacial score (nSPS) is 19.4. The molecule has 0 bridgehead atoms. The molecule has 1 saturated carbocycles. The van der Waals surface area contributed by atoms with Gasteiger partial charge in [-0.1, -0.05) is 28.1 Å². The highest BCUT2D eigenvalue weighted by molar-refractivity contribution is 9.10. The molecule has 1 fully saturated rings. The highest BCUT2D eigenvalue weighted by atomic mass is 79.9. The van der Waals surface area contributed by atoms with Crippen LogP contribution in [0.15, 0.2) is 28.7 Å². The SMILES string of the molecule is CP(C)(=O)C1(c2ccc(Br)cc2)CC1. The van der Waals surface area contributed by atoms with Crippen LogP contribution in [-0.2, 0) is 9.72 Å². The second-order valence-corrected chi connectivity index (χ2v) is 8.86. The summed E-state index contributed by atoms with van der Waals surface area (Å²) in [6, 6.07) is 8.25. The minimum Gasteiger partial charge on any atom is -0.323 e. The van der Waals surface area contributed by atoms with Gasteiger partial charge in [-0.05, 0) is 43.9 Å². The fourth-order valence-corrected chi connectivity index (χ4v) is 4.24. The first-order valence-corrected chi connectivity index (χ1v) is 8.16. The fourth-order valence-electron chi connectivity index (χ4n) is 2.02. The highest BCUT2D eigenvalue weighted by Gasteiger charge is 2.53. The van der Waals surface area contributed by atoms with E-state index < -0.39 is 7.14 Å². The molecule has 1 aromatic carbocycles. The predicted octanol–water partition coefficient (Wildman–Crippen LogP) is 4.06. The van der Waals surface area contributed by atoms with Crippen LogP contribution < -0.4 is 0 Å². The van der Waals surface area contributed by atoms with Crippen LogP contribution >= 0.6 is 23.1 Å². The van der Waals surface area contributed by atoms with Crippen molar-refractivity contribution in [2.75, 3.05) is 13.3 Å². The number of benzene rings is 1. The van der Waals surface area contributed by atoms with E-state index in [0.29, 0.717) is 0 Å². The zero-order chi connectivity index (χ0) is 10.4. The molecule has 1 aliphatic rings. The van der Waals surface area contributed by atoms with E-state index in [0.717, 1.165) is 17.3 Å². The molecule has 0 spiro atoms. The Kier molecular flexibility index (Phi) is 2.40. The van der Waals surface area contributed by atoms with E-state index in [1.165, 1.54) is 5.56 Å². The van der Waals surface area contributed by atoms with Crippen molar-refractivity contribution in [2.24, 2.45) is 0 Å². The first-order valence-electron chi connectivity index (χ1n) is 4.77. The molecule has 2 rings (SSSR count). The molecule has 0 aliphatic heterocycles. The van der Waals surface area contributed by atoms with Crippen LogP contribution in [0.3, 0.4) is 0 Å². The van der Waals surface area contributed by atoms with Gasteiger partial charge in [-0.3, -0.25) is 0 Å². The summed E-state index contributed by atoms with van der Waals surface area (Å²) >= 11 is 3.41. The topological polar surface area (TPSA) is 17.1 Å². The molecule has 0 radical (unpaired) electrons. The third-order valence-corrected chi connectivity index (χ3v) is 6.43. The number of halogens is 1. The lowest BCUT2D eigenvalue weighted by atomic mass is 10.1. The summed E-state index contributed by atoms with van der Waals surface area (Å²) in [6.07, 6.45) is 2.16. The fraction of sp³-hybridized carbons (Fsp3) is 0.455. The molecule has 14 heavy (non-hydrogen) atoms. The van der Waals surface area contributed by atoms with E-state index >= 15 is 0 Å². The smallest absolute Gasteiger partial charge is 0.0919 e. The Balaban J connectivity index is 2.41. The van der Waals surface area contributed by atoms with Gasteiger partial charge in [-0.15, -0.1) is 0 Å². The van der Waals surface area contributed by atoms with Gasteiger partial charge in [0.15, 0.2) is 0 Å². The largest absolute Gasteiger partial charge is 0.323 e. The highest BCUT2D eigenvalue weighted by Crippen LogP contribution is 2.71. The van der Waals surface area contributed by atoms with Gasteiger partial charge < -0.3 is 4.57 Å². The Morgan fingerprint density at radius 1 is 1.21 bits per heavy atom. The van der Waals surface area contributed by atoms with E-state index in [-0.39, 0.29) is 5.16 Å². The van der Waals surface area contributed by atoms with Crippen LogP contribution in [0.5, 0.6) is 0 Å². The van der Waals surface area contributed by atoms with Gasteiger partial charge in [0.1, 0.15) is 0 Å². The van der Waals surface area contributed by atoms with Crippen molar-refractivity contribution in [3.8, 4) is 0 Å². The summed E-state index contributed by atoms with van der Waals surface area (Å²) in [5.41, 5.74) is 1.24. The minimum atomic E-state index is -2.01. The van der Waals surface area contributed by atoms with Crippen LogP contribution in [-0.4, -0.2) is 13.3 Å². The molecule has 1 nitrogen and oxygen atoms in total. The molecule has 0 unspecified atom stereocenters. The predicted molar refractivity (Wildman–Crippen MR) is 64.5 cm³/mol. The lowest BCUT2D eigenvalue weighted by Gasteiger charge is -2.20. The van der Waals surface area contributed by atoms with Crippen molar-refractivity contribution in [3.63, 3.8) is 0 Å². The number of hydrogen-bond donors (Lipinski definition) is 0. The van der Waals surface area contributed by atoms with E-state index in [1.54, 1.807) is 0 Å². The zero-order valence-electron chi connectivity index (χ0n) is 8.46. The molecule has 1 aromatic rings. The van der Waals surface area contributed by atoms with Crippen molar-refractivity contribution in [2.45, 2.75) is 18.0 Å². The van der Waals surface area contributed by atoms with Crippen LogP contribution in [0, 0.1) is 0 Å². The number of rotatable bonds is 2. The maximum Gasteiger partial charge on any atom is 0.0919 e. The van der Waals surface area contributed by atoms with Gasteiger partial charge in [0.05, 0.1) is 7.14 Å². The molecule has 3 heteroatoms. The van der Waals surface area contributed by atoms with Gasteiger partial charge in [0.2, 0.25) is 0 Å². The molecule has 0 saturated heterocycles. The second kappa shape index (κ2) is 3.21. The van der Waals surface area contributed by atoms with Gasteiger partial charge in [0.25, 0.3) is 0 Å². The van der Waals surface area contributed by atoms with Crippen LogP contribution in [0.4, 0.5) is 0 Å². The summed E-state index contributed by atoms with van der Waals surface area (Å²) in [4.78, 5) is 0. The molecule has 0 amide bonds. The molecular weight excluding hydrogens is 259 g/mol. The zero-order valence-corrected chi connectivity index (χ0v) is 10.9. The van der Waals surface area contributed by atoms with Crippen molar-refractivity contribution < 1.29 is 4.57 Å². The summed E-state index contributed by atoms with van der Waals surface area (Å²) in [7, 11) is -2.01. The monoisotopic (exact) mass is 272 g/mol. The van der Waals surface area contributed by atoms with E-state index in [1.807, 2.05) is 25.5 Å². The summed E-state index contributed by atoms with van der Waals surface area (Å²) in [5.74, 6) is 0. The van der Waals surface area contributed by atoms with Gasteiger partial charge in [-0.2, -0.15) is 0 Å². The molecule has 0 aromatic heterocycles. The van der Waals surface area contributed by atoms with Crippen molar-refractivity contribution in [1.29, 1.82) is 0 Å². The van der Waals surface area contributed by atoms with Crippen LogP contribution in [0.1, 0.15) is 18.4 Å².